The van der Waals surface area contributed by atoms with Gasteiger partial charge in [-0.2, -0.15) is 50.5 Å². The van der Waals surface area contributed by atoms with Gasteiger partial charge in [-0.3, -0.25) is 4.79 Å². The van der Waals surface area contributed by atoms with E-state index < -0.39 is 53.9 Å². The smallest absolute Gasteiger partial charge is 0.273 e. The summed E-state index contributed by atoms with van der Waals surface area (Å²) in [5.74, 6) is -9.31. The maximum Gasteiger partial charge on any atom is 0.433 e. The third-order valence-corrected chi connectivity index (χ3v) is 5.69. The molecule has 9 nitrogen and oxygen atoms in total. The summed E-state index contributed by atoms with van der Waals surface area (Å²) in [6.45, 7) is 0. The molecule has 0 spiro atoms. The van der Waals surface area contributed by atoms with Gasteiger partial charge in [-0.15, -0.1) is 0 Å². The number of sulfone groups is 1. The van der Waals surface area contributed by atoms with Crippen LogP contribution in [-0.4, -0.2) is 44.4 Å². The zero-order valence-corrected chi connectivity index (χ0v) is 13.4. The molecule has 1 amide bonds. The van der Waals surface area contributed by atoms with Crippen LogP contribution in [0.5, 0.6) is 0 Å². The largest absolute Gasteiger partial charge is 0.433 e. The van der Waals surface area contributed by atoms with Crippen molar-refractivity contribution in [2.24, 2.45) is 0 Å². The number of alkyl halides is 6. The maximum absolute atomic E-state index is 13.6. The predicted molar refractivity (Wildman–Crippen MR) is 66.1 cm³/mol. The zero-order chi connectivity index (χ0) is 21.2. The summed E-state index contributed by atoms with van der Waals surface area (Å²) in [6.07, 6.45) is -1.44. The molecule has 17 heteroatoms. The fourth-order valence-electron chi connectivity index (χ4n) is 1.15. The molecule has 0 aliphatic rings. The lowest BCUT2D eigenvalue weighted by molar-refractivity contribution is -0.244. The van der Waals surface area contributed by atoms with E-state index in [2.05, 4.69) is 0 Å². The molecule has 0 aromatic carbocycles. The SMILES string of the molecule is N#CCC(=O)NS(=O)(=O)C(F)(F)C(F)(F)C(F)(F)S(=O)(=O)C(C#N)C#N. The van der Waals surface area contributed by atoms with Crippen LogP contribution in [0.15, 0.2) is 0 Å². The fourth-order valence-corrected chi connectivity index (χ4v) is 3.24. The van der Waals surface area contributed by atoms with Crippen LogP contribution < -0.4 is 4.72 Å². The second-order valence-corrected chi connectivity index (χ2v) is 7.95. The Hall–Kier alpha value is -2.58. The molecule has 0 atom stereocenters. The number of hydrogen-bond acceptors (Lipinski definition) is 8. The summed E-state index contributed by atoms with van der Waals surface area (Å²) in [7, 11) is -13.9. The first-order valence-corrected chi connectivity index (χ1v) is 8.59. The van der Waals surface area contributed by atoms with Crippen LogP contribution in [0.3, 0.4) is 0 Å². The molecular weight excluding hydrogens is 422 g/mol. The van der Waals surface area contributed by atoms with Crippen LogP contribution in [0.25, 0.3) is 0 Å². The van der Waals surface area contributed by atoms with E-state index in [4.69, 9.17) is 15.8 Å². The summed E-state index contributed by atoms with van der Waals surface area (Å²) in [5.41, 5.74) is 0. The summed E-state index contributed by atoms with van der Waals surface area (Å²) in [6, 6.07) is 1.63. The van der Waals surface area contributed by atoms with Crippen LogP contribution >= 0.6 is 0 Å². The molecule has 0 aromatic heterocycles. The first-order chi connectivity index (χ1) is 11.5. The van der Waals surface area contributed by atoms with Crippen LogP contribution in [0.2, 0.25) is 0 Å². The molecular formula is C9H4F6N4O5S2. The Kier molecular flexibility index (Phi) is 6.28. The number of carbonyl (C=O) groups excluding carboxylic acids is 1. The monoisotopic (exact) mass is 426 g/mol. The molecule has 0 fully saturated rings. The molecule has 0 saturated heterocycles. The number of hydrogen-bond donors (Lipinski definition) is 1. The summed E-state index contributed by atoms with van der Waals surface area (Å²) in [4.78, 5) is 10.8. The summed E-state index contributed by atoms with van der Waals surface area (Å²) >= 11 is 0. The normalized spacial score (nSPS) is 13.4. The van der Waals surface area contributed by atoms with Crippen molar-refractivity contribution in [3.8, 4) is 18.2 Å². The Bertz CT molecular complexity index is 911. The lowest BCUT2D eigenvalue weighted by atomic mass is 10.3. The Balaban J connectivity index is 6.39. The van der Waals surface area contributed by atoms with Gasteiger partial charge in [-0.05, 0) is 0 Å². The van der Waals surface area contributed by atoms with E-state index in [9.17, 15) is 48.0 Å². The van der Waals surface area contributed by atoms with E-state index in [1.165, 1.54) is 0 Å². The first-order valence-electron chi connectivity index (χ1n) is 5.56. The highest BCUT2D eigenvalue weighted by Crippen LogP contribution is 2.51. The number of nitrogens with one attached hydrogen (secondary N) is 1. The van der Waals surface area contributed by atoms with E-state index in [0.29, 0.717) is 12.1 Å². The van der Waals surface area contributed by atoms with Crippen molar-refractivity contribution in [3.05, 3.63) is 0 Å². The molecule has 0 bridgehead atoms. The van der Waals surface area contributed by atoms with Gasteiger partial charge in [0.05, 0.1) is 18.2 Å². The molecule has 0 aromatic rings. The predicted octanol–water partition coefficient (Wildman–Crippen LogP) is -0.00246. The van der Waals surface area contributed by atoms with Gasteiger partial charge < -0.3 is 0 Å². The van der Waals surface area contributed by atoms with Crippen molar-refractivity contribution in [2.75, 3.05) is 0 Å². The van der Waals surface area contributed by atoms with Crippen molar-refractivity contribution in [1.82, 2.24) is 4.72 Å². The van der Waals surface area contributed by atoms with Crippen molar-refractivity contribution >= 4 is 25.8 Å². The number of nitrogens with zero attached hydrogens (tertiary/aromatic N) is 3. The first kappa shape index (κ1) is 23.4. The van der Waals surface area contributed by atoms with Gasteiger partial charge in [-0.25, -0.2) is 13.1 Å². The Morgan fingerprint density at radius 1 is 0.923 bits per heavy atom. The van der Waals surface area contributed by atoms with E-state index in [1.54, 1.807) is 0 Å². The molecule has 144 valence electrons. The Morgan fingerprint density at radius 3 is 1.69 bits per heavy atom. The molecule has 0 rings (SSSR count). The number of carbonyl (C=O) groups is 1. The minimum atomic E-state index is -7.22. The van der Waals surface area contributed by atoms with Gasteiger partial charge in [0.2, 0.25) is 11.2 Å². The van der Waals surface area contributed by atoms with Crippen molar-refractivity contribution in [1.29, 1.82) is 15.8 Å². The zero-order valence-electron chi connectivity index (χ0n) is 11.8. The quantitative estimate of drug-likeness (QED) is 0.555. The van der Waals surface area contributed by atoms with E-state index in [0.717, 1.165) is 6.07 Å². The van der Waals surface area contributed by atoms with Gasteiger partial charge in [0.1, 0.15) is 6.42 Å². The third kappa shape index (κ3) is 3.38. The van der Waals surface area contributed by atoms with Crippen LogP contribution in [0.1, 0.15) is 6.42 Å². The summed E-state index contributed by atoms with van der Waals surface area (Å²) < 4.78 is 126. The molecule has 0 aliphatic carbocycles. The van der Waals surface area contributed by atoms with Gasteiger partial charge in [-0.1, -0.05) is 0 Å². The van der Waals surface area contributed by atoms with Crippen LogP contribution in [-0.2, 0) is 24.7 Å². The molecule has 0 unspecified atom stereocenters. The highest BCUT2D eigenvalue weighted by Gasteiger charge is 2.82. The Morgan fingerprint density at radius 2 is 1.35 bits per heavy atom. The van der Waals surface area contributed by atoms with Gasteiger partial charge in [0, 0.05) is 0 Å². The third-order valence-electron chi connectivity index (χ3n) is 2.46. The molecule has 0 radical (unpaired) electrons. The minimum absolute atomic E-state index is 0.207. The molecule has 1 N–H and O–H groups in total. The highest BCUT2D eigenvalue weighted by molar-refractivity contribution is 7.94. The molecule has 26 heavy (non-hydrogen) atoms. The van der Waals surface area contributed by atoms with E-state index in [1.807, 2.05) is 0 Å². The maximum atomic E-state index is 13.6. The second kappa shape index (κ2) is 6.97. The fraction of sp³-hybridized carbons (Fsp3) is 0.556. The van der Waals surface area contributed by atoms with E-state index in [-0.39, 0.29) is 4.72 Å². The highest BCUT2D eigenvalue weighted by atomic mass is 32.2. The van der Waals surface area contributed by atoms with Crippen molar-refractivity contribution in [2.45, 2.75) is 28.1 Å². The molecule has 0 saturated carbocycles. The van der Waals surface area contributed by atoms with Gasteiger partial charge in [0.25, 0.3) is 9.84 Å². The summed E-state index contributed by atoms with van der Waals surface area (Å²) in [5, 5.41) is 7.11. The standard InChI is InChI=1S/C9H4F6N4O5S2/c10-7(11,8(12,13)25(21,22)5(3-17)4-18)9(14,15)26(23,24)19-6(20)1-2-16/h5H,1H2,(H,19,20). The lowest BCUT2D eigenvalue weighted by Crippen LogP contribution is -2.64. The number of nitriles is 3. The number of halogens is 6. The van der Waals surface area contributed by atoms with Crippen LogP contribution in [0, 0.1) is 34.0 Å². The van der Waals surface area contributed by atoms with Gasteiger partial charge >= 0.3 is 26.5 Å². The van der Waals surface area contributed by atoms with Gasteiger partial charge in [0.15, 0.2) is 0 Å². The van der Waals surface area contributed by atoms with Crippen molar-refractivity contribution in [3.63, 3.8) is 0 Å². The average Bonchev–Trinajstić information content (AvgIpc) is 2.46. The second-order valence-electron chi connectivity index (χ2n) is 4.15. The topological polar surface area (TPSA) is 169 Å². The van der Waals surface area contributed by atoms with E-state index >= 15 is 0 Å². The number of amides is 1. The lowest BCUT2D eigenvalue weighted by Gasteiger charge is -2.31. The molecule has 0 aliphatic heterocycles. The number of rotatable bonds is 7. The number of sulfonamides is 1. The molecule has 0 heterocycles. The van der Waals surface area contributed by atoms with Crippen LogP contribution in [0.4, 0.5) is 26.3 Å². The minimum Gasteiger partial charge on any atom is -0.273 e. The average molecular weight is 426 g/mol. The Labute approximate surface area is 141 Å². The van der Waals surface area contributed by atoms with Crippen molar-refractivity contribution < 1.29 is 48.0 Å².